The maximum atomic E-state index is 13.7. The summed E-state index contributed by atoms with van der Waals surface area (Å²) in [7, 11) is -3.84. The molecule has 0 radical (unpaired) electrons. The van der Waals surface area contributed by atoms with Crippen LogP contribution in [0.1, 0.15) is 42.5 Å². The van der Waals surface area contributed by atoms with Gasteiger partial charge in [0.05, 0.1) is 18.0 Å². The molecule has 2 atom stereocenters. The second-order valence-electron chi connectivity index (χ2n) is 9.84. The first kappa shape index (κ1) is 30.1. The normalized spacial score (nSPS) is 20.7. The summed E-state index contributed by atoms with van der Waals surface area (Å²) in [6, 6.07) is 11.7. The monoisotopic (exact) mass is 587 g/mol. The molecular formula is C27H33N5O8S. The zero-order chi connectivity index (χ0) is 29.6. The van der Waals surface area contributed by atoms with Gasteiger partial charge in [0.25, 0.3) is 13.6 Å². The van der Waals surface area contributed by atoms with Crippen LogP contribution in [-0.2, 0) is 38.8 Å². The van der Waals surface area contributed by atoms with E-state index in [0.29, 0.717) is 46.8 Å². The van der Waals surface area contributed by atoms with Crippen LogP contribution in [0.25, 0.3) is 0 Å². The molecule has 0 amide bonds. The van der Waals surface area contributed by atoms with Crippen LogP contribution in [0.2, 0.25) is 0 Å². The van der Waals surface area contributed by atoms with Crippen molar-refractivity contribution in [3.63, 3.8) is 0 Å². The topological polar surface area (TPSA) is 185 Å². The summed E-state index contributed by atoms with van der Waals surface area (Å²) >= 11 is 0. The van der Waals surface area contributed by atoms with Crippen molar-refractivity contribution in [1.29, 1.82) is 0 Å². The summed E-state index contributed by atoms with van der Waals surface area (Å²) in [6.45, 7) is 3.33. The molecular weight excluding hydrogens is 554 g/mol. The van der Waals surface area contributed by atoms with Crippen LogP contribution >= 0.6 is 0 Å². The van der Waals surface area contributed by atoms with Gasteiger partial charge in [0, 0.05) is 35.3 Å². The number of hydrogen-bond acceptors (Lipinski definition) is 12. The predicted octanol–water partition coefficient (Wildman–Crippen LogP) is 1.12. The van der Waals surface area contributed by atoms with E-state index >= 15 is 0 Å². The van der Waals surface area contributed by atoms with E-state index in [9.17, 15) is 18.0 Å². The fraction of sp³-hybridized carbons (Fsp3) is 0.407. The van der Waals surface area contributed by atoms with Gasteiger partial charge in [-0.3, -0.25) is 9.59 Å². The molecule has 1 heterocycles. The van der Waals surface area contributed by atoms with E-state index in [0.717, 1.165) is 6.42 Å². The third-order valence-corrected chi connectivity index (χ3v) is 8.43. The van der Waals surface area contributed by atoms with E-state index < -0.39 is 35.5 Å². The second kappa shape index (κ2) is 13.2. The van der Waals surface area contributed by atoms with Crippen LogP contribution in [0.5, 0.6) is 0 Å². The Bertz CT molecular complexity index is 1450. The lowest BCUT2D eigenvalue weighted by Crippen LogP contribution is -2.42. The molecule has 4 rings (SSSR count). The number of rotatable bonds is 10. The van der Waals surface area contributed by atoms with Crippen molar-refractivity contribution in [3.8, 4) is 0 Å². The number of carbonyl (C=O) groups excluding carboxylic acids is 2. The maximum absolute atomic E-state index is 13.7. The smallest absolute Gasteiger partial charge is 0.322 e. The third-order valence-electron chi connectivity index (χ3n) is 6.60. The van der Waals surface area contributed by atoms with E-state index in [1.54, 1.807) is 30.3 Å². The second-order valence-corrected chi connectivity index (χ2v) is 11.8. The lowest BCUT2D eigenvalue weighted by atomic mass is 9.83. The maximum Gasteiger partial charge on any atom is 0.322 e. The largest absolute Gasteiger partial charge is 0.425 e. The Morgan fingerprint density at radius 2 is 1.32 bits per heavy atom. The summed E-state index contributed by atoms with van der Waals surface area (Å²) in [4.78, 5) is 33.5. The van der Waals surface area contributed by atoms with Crippen molar-refractivity contribution in [2.24, 2.45) is 33.6 Å². The van der Waals surface area contributed by atoms with Crippen LogP contribution in [0.4, 0.5) is 0 Å². The molecule has 1 aliphatic carbocycles. The summed E-state index contributed by atoms with van der Waals surface area (Å²) in [5.41, 5.74) is 13.2. The van der Waals surface area contributed by atoms with Crippen molar-refractivity contribution in [2.45, 2.75) is 25.2 Å². The van der Waals surface area contributed by atoms with Gasteiger partial charge in [-0.2, -0.15) is 4.31 Å². The molecule has 14 heteroatoms. The molecule has 4 N–H and O–H groups in total. The molecule has 0 bridgehead atoms. The minimum atomic E-state index is -3.84. The van der Waals surface area contributed by atoms with Gasteiger partial charge in [0.2, 0.25) is 10.0 Å². The highest BCUT2D eigenvalue weighted by molar-refractivity contribution is 7.89. The van der Waals surface area contributed by atoms with Crippen molar-refractivity contribution in [1.82, 2.24) is 4.31 Å². The number of oxime groups is 2. The first-order valence-electron chi connectivity index (χ1n) is 13.0. The minimum absolute atomic E-state index is 0.0799. The van der Waals surface area contributed by atoms with E-state index in [2.05, 4.69) is 10.3 Å². The highest BCUT2D eigenvalue weighted by Gasteiger charge is 2.34. The van der Waals surface area contributed by atoms with Crippen LogP contribution in [0.15, 0.2) is 57.7 Å². The Morgan fingerprint density at radius 3 is 1.83 bits per heavy atom. The van der Waals surface area contributed by atoms with E-state index in [-0.39, 0.29) is 29.8 Å². The summed E-state index contributed by atoms with van der Waals surface area (Å²) in [5.74, 6) is -0.879. The molecule has 2 aliphatic rings. The number of hydrogen-bond donors (Lipinski definition) is 2. The number of carbonyl (C=O) groups is 2. The van der Waals surface area contributed by atoms with E-state index in [1.165, 1.54) is 16.4 Å². The van der Waals surface area contributed by atoms with Gasteiger partial charge < -0.3 is 30.6 Å². The summed E-state index contributed by atoms with van der Waals surface area (Å²) in [6.07, 6.45) is 0.955. The Kier molecular flexibility index (Phi) is 9.70. The van der Waals surface area contributed by atoms with Crippen molar-refractivity contribution in [2.75, 3.05) is 39.8 Å². The lowest BCUT2D eigenvalue weighted by molar-refractivity contribution is -0.155. The Hall–Kier alpha value is -3.85. The summed E-state index contributed by atoms with van der Waals surface area (Å²) in [5, 5.41) is 8.41. The lowest BCUT2D eigenvalue weighted by Gasteiger charge is -2.34. The number of ether oxygens (including phenoxy) is 2. The zero-order valence-electron chi connectivity index (χ0n) is 22.8. The number of esters is 2. The Labute approximate surface area is 238 Å². The average Bonchev–Trinajstić information content (AvgIpc) is 2.96. The van der Waals surface area contributed by atoms with Crippen LogP contribution in [-0.4, -0.2) is 75.8 Å². The first-order chi connectivity index (χ1) is 19.6. The van der Waals surface area contributed by atoms with Gasteiger partial charge in [-0.15, -0.1) is 0 Å². The highest BCUT2D eigenvalue weighted by atomic mass is 32.2. The quantitative estimate of drug-likeness (QED) is 0.151. The molecule has 1 aliphatic heterocycles. The molecule has 2 unspecified atom stereocenters. The fourth-order valence-corrected chi connectivity index (χ4v) is 6.61. The van der Waals surface area contributed by atoms with Gasteiger partial charge in [-0.25, -0.2) is 8.42 Å². The van der Waals surface area contributed by atoms with E-state index in [4.69, 9.17) is 30.6 Å². The third kappa shape index (κ3) is 6.90. The van der Waals surface area contributed by atoms with Gasteiger partial charge in [0.15, 0.2) is 0 Å². The Balaban J connectivity index is 1.77. The number of nitrogens with zero attached hydrogens (tertiary/aromatic N) is 3. The molecule has 2 aromatic rings. The van der Waals surface area contributed by atoms with Gasteiger partial charge >= 0.3 is 11.9 Å². The standard InChI is InChI=1S/C27H33N5O8S/c1-17-9-18(2)14-32(13-17)41(35,36)19-7-8-22-23(10-19)27(31-40-16-38-25(34)12-29)21-6-4-3-5-20(21)26(22)30-39-15-37-24(33)11-28/h3-8,10,17-18H,9,11-16,28-29H2,1-2H3/b30-26-,31-27+. The van der Waals surface area contributed by atoms with Gasteiger partial charge in [0.1, 0.15) is 11.4 Å². The molecule has 0 saturated carbocycles. The van der Waals surface area contributed by atoms with Gasteiger partial charge in [-0.05, 0) is 30.4 Å². The van der Waals surface area contributed by atoms with Crippen LogP contribution < -0.4 is 11.5 Å². The van der Waals surface area contributed by atoms with Crippen molar-refractivity contribution >= 4 is 33.4 Å². The minimum Gasteiger partial charge on any atom is -0.425 e. The molecule has 0 spiro atoms. The molecule has 1 fully saturated rings. The molecule has 13 nitrogen and oxygen atoms in total. The highest BCUT2D eigenvalue weighted by Crippen LogP contribution is 2.33. The van der Waals surface area contributed by atoms with Crippen molar-refractivity contribution in [3.05, 3.63) is 64.7 Å². The molecule has 2 aromatic carbocycles. The molecule has 1 saturated heterocycles. The van der Waals surface area contributed by atoms with Gasteiger partial charge in [-0.1, -0.05) is 54.5 Å². The summed E-state index contributed by atoms with van der Waals surface area (Å²) < 4.78 is 38.7. The van der Waals surface area contributed by atoms with Crippen LogP contribution in [0, 0.1) is 11.8 Å². The number of sulfonamides is 1. The van der Waals surface area contributed by atoms with Crippen LogP contribution in [0.3, 0.4) is 0 Å². The number of benzene rings is 2. The number of fused-ring (bicyclic) bond motifs is 2. The molecule has 220 valence electrons. The average molecular weight is 588 g/mol. The Morgan fingerprint density at radius 1 is 0.829 bits per heavy atom. The van der Waals surface area contributed by atoms with E-state index in [1.807, 2.05) is 13.8 Å². The SMILES string of the molecule is CC1CC(C)CN(S(=O)(=O)c2ccc3c(c2)/C(=N/OCOC(=O)CN)c2ccccc2/C3=N/OCOC(=O)CN)C1. The number of piperidine rings is 1. The number of nitrogens with two attached hydrogens (primary N) is 2. The predicted molar refractivity (Wildman–Crippen MR) is 148 cm³/mol. The van der Waals surface area contributed by atoms with Crippen molar-refractivity contribution < 1.29 is 37.2 Å². The molecule has 41 heavy (non-hydrogen) atoms. The molecule has 0 aromatic heterocycles. The first-order valence-corrected chi connectivity index (χ1v) is 14.5. The zero-order valence-corrected chi connectivity index (χ0v) is 23.6. The fourth-order valence-electron chi connectivity index (χ4n) is 4.90.